The van der Waals surface area contributed by atoms with E-state index >= 15 is 0 Å². The number of aryl methyl sites for hydroxylation is 1. The normalized spacial score (nSPS) is 12.2. The number of esters is 1. The van der Waals surface area contributed by atoms with Gasteiger partial charge >= 0.3 is 5.97 Å². The summed E-state index contributed by atoms with van der Waals surface area (Å²) >= 11 is 0. The molecule has 0 aliphatic rings. The zero-order valence-corrected chi connectivity index (χ0v) is 10.8. The van der Waals surface area contributed by atoms with Crippen LogP contribution in [0.2, 0.25) is 0 Å². The van der Waals surface area contributed by atoms with Crippen LogP contribution in [0.3, 0.4) is 0 Å². The van der Waals surface area contributed by atoms with Crippen molar-refractivity contribution in [2.24, 2.45) is 5.92 Å². The van der Waals surface area contributed by atoms with E-state index in [2.05, 4.69) is 13.8 Å². The number of nitrogen functional groups attached to an aromatic ring is 1. The van der Waals surface area contributed by atoms with Crippen molar-refractivity contribution in [3.63, 3.8) is 0 Å². The quantitative estimate of drug-likeness (QED) is 0.630. The number of ether oxygens (including phenoxy) is 1. The molecule has 0 fully saturated rings. The molecule has 0 amide bonds. The van der Waals surface area contributed by atoms with Gasteiger partial charge in [-0.1, -0.05) is 32.4 Å². The van der Waals surface area contributed by atoms with Gasteiger partial charge < -0.3 is 10.5 Å². The molecule has 2 N–H and O–H groups in total. The van der Waals surface area contributed by atoms with E-state index < -0.39 is 0 Å². The third-order valence-electron chi connectivity index (χ3n) is 2.82. The topological polar surface area (TPSA) is 52.3 Å². The van der Waals surface area contributed by atoms with Gasteiger partial charge in [-0.25, -0.2) is 4.79 Å². The van der Waals surface area contributed by atoms with E-state index in [1.165, 1.54) is 0 Å². The number of carbonyl (C=O) groups is 1. The van der Waals surface area contributed by atoms with Gasteiger partial charge in [0, 0.05) is 5.69 Å². The molecule has 0 heterocycles. The van der Waals surface area contributed by atoms with Crippen LogP contribution in [0.4, 0.5) is 5.69 Å². The first-order chi connectivity index (χ1) is 8.06. The van der Waals surface area contributed by atoms with Gasteiger partial charge in [0.25, 0.3) is 0 Å². The molecule has 1 aromatic rings. The van der Waals surface area contributed by atoms with Crippen molar-refractivity contribution in [2.75, 3.05) is 12.3 Å². The van der Waals surface area contributed by atoms with E-state index in [4.69, 9.17) is 10.5 Å². The van der Waals surface area contributed by atoms with Crippen molar-refractivity contribution in [1.29, 1.82) is 0 Å². The maximum absolute atomic E-state index is 11.8. The van der Waals surface area contributed by atoms with Crippen molar-refractivity contribution < 1.29 is 9.53 Å². The fraction of sp³-hybridized carbons (Fsp3) is 0.500. The second kappa shape index (κ2) is 6.28. The minimum absolute atomic E-state index is 0.325. The Morgan fingerprint density at radius 2 is 2.18 bits per heavy atom. The van der Waals surface area contributed by atoms with Crippen LogP contribution in [0.15, 0.2) is 18.2 Å². The highest BCUT2D eigenvalue weighted by molar-refractivity contribution is 5.95. The third kappa shape index (κ3) is 3.77. The summed E-state index contributed by atoms with van der Waals surface area (Å²) in [5.41, 5.74) is 7.73. The van der Waals surface area contributed by atoms with Gasteiger partial charge in [-0.15, -0.1) is 0 Å². The number of benzene rings is 1. The Morgan fingerprint density at radius 1 is 1.47 bits per heavy atom. The Kier molecular flexibility index (Phi) is 5.01. The number of carbonyl (C=O) groups excluding carboxylic acids is 1. The van der Waals surface area contributed by atoms with Crippen LogP contribution in [0.5, 0.6) is 0 Å². The summed E-state index contributed by atoms with van der Waals surface area (Å²) in [6.45, 7) is 6.54. The fourth-order valence-corrected chi connectivity index (χ4v) is 1.73. The average molecular weight is 235 g/mol. The molecule has 0 bridgehead atoms. The monoisotopic (exact) mass is 235 g/mol. The van der Waals surface area contributed by atoms with E-state index in [0.717, 1.165) is 18.4 Å². The Bertz CT molecular complexity index is 388. The largest absolute Gasteiger partial charge is 0.462 e. The molecule has 3 nitrogen and oxygen atoms in total. The van der Waals surface area contributed by atoms with Crippen molar-refractivity contribution in [3.8, 4) is 0 Å². The van der Waals surface area contributed by atoms with Crippen LogP contribution in [-0.4, -0.2) is 12.6 Å². The van der Waals surface area contributed by atoms with Crippen LogP contribution >= 0.6 is 0 Å². The molecule has 0 saturated heterocycles. The minimum Gasteiger partial charge on any atom is -0.462 e. The fourth-order valence-electron chi connectivity index (χ4n) is 1.73. The first-order valence-corrected chi connectivity index (χ1v) is 6.08. The standard InChI is InChI=1S/C14H21NO2/c1-4-6-10(2)9-17-14(16)12-8-5-7-11(3)13(12)15/h5,7-8,10H,4,6,9,15H2,1-3H3. The van der Waals surface area contributed by atoms with E-state index in [-0.39, 0.29) is 5.97 Å². The van der Waals surface area contributed by atoms with Crippen molar-refractivity contribution >= 4 is 11.7 Å². The van der Waals surface area contributed by atoms with E-state index in [1.54, 1.807) is 6.07 Å². The zero-order valence-electron chi connectivity index (χ0n) is 10.8. The molecule has 17 heavy (non-hydrogen) atoms. The first kappa shape index (κ1) is 13.6. The summed E-state index contributed by atoms with van der Waals surface area (Å²) < 4.78 is 5.26. The summed E-state index contributed by atoms with van der Waals surface area (Å²) in [5, 5.41) is 0. The van der Waals surface area contributed by atoms with Gasteiger partial charge in [0.2, 0.25) is 0 Å². The summed E-state index contributed by atoms with van der Waals surface area (Å²) in [4.78, 5) is 11.8. The summed E-state index contributed by atoms with van der Waals surface area (Å²) in [6.07, 6.45) is 2.17. The van der Waals surface area contributed by atoms with Gasteiger partial charge in [-0.2, -0.15) is 0 Å². The van der Waals surface area contributed by atoms with Crippen molar-refractivity contribution in [2.45, 2.75) is 33.6 Å². The number of nitrogens with two attached hydrogens (primary N) is 1. The van der Waals surface area contributed by atoms with E-state index in [9.17, 15) is 4.79 Å². The van der Waals surface area contributed by atoms with Gasteiger partial charge in [-0.05, 0) is 30.9 Å². The minimum atomic E-state index is -0.325. The SMILES string of the molecule is CCCC(C)COC(=O)c1cccc(C)c1N. The lowest BCUT2D eigenvalue weighted by atomic mass is 10.1. The zero-order chi connectivity index (χ0) is 12.8. The summed E-state index contributed by atoms with van der Waals surface area (Å²) in [6, 6.07) is 5.40. The van der Waals surface area contributed by atoms with E-state index in [1.807, 2.05) is 19.1 Å². The van der Waals surface area contributed by atoms with Gasteiger partial charge in [0.05, 0.1) is 12.2 Å². The Labute approximate surface area is 103 Å². The van der Waals surface area contributed by atoms with Gasteiger partial charge in [0.1, 0.15) is 0 Å². The molecule has 0 radical (unpaired) electrons. The van der Waals surface area contributed by atoms with E-state index in [0.29, 0.717) is 23.8 Å². The smallest absolute Gasteiger partial charge is 0.340 e. The molecule has 1 aromatic carbocycles. The number of hydrogen-bond donors (Lipinski definition) is 1. The lowest BCUT2D eigenvalue weighted by Gasteiger charge is -2.12. The predicted molar refractivity (Wildman–Crippen MR) is 69.9 cm³/mol. The number of para-hydroxylation sites is 1. The van der Waals surface area contributed by atoms with Crippen LogP contribution in [0.1, 0.15) is 42.6 Å². The molecule has 94 valence electrons. The average Bonchev–Trinajstić information content (AvgIpc) is 2.30. The van der Waals surface area contributed by atoms with Crippen LogP contribution in [0, 0.1) is 12.8 Å². The van der Waals surface area contributed by atoms with Crippen molar-refractivity contribution in [1.82, 2.24) is 0 Å². The third-order valence-corrected chi connectivity index (χ3v) is 2.82. The highest BCUT2D eigenvalue weighted by atomic mass is 16.5. The Balaban J connectivity index is 2.61. The molecule has 0 aromatic heterocycles. The number of anilines is 1. The van der Waals surface area contributed by atoms with Crippen LogP contribution in [-0.2, 0) is 4.74 Å². The maximum Gasteiger partial charge on any atom is 0.340 e. The van der Waals surface area contributed by atoms with Gasteiger partial charge in [-0.3, -0.25) is 0 Å². The first-order valence-electron chi connectivity index (χ1n) is 6.08. The molecule has 1 unspecified atom stereocenters. The lowest BCUT2D eigenvalue weighted by molar-refractivity contribution is 0.0445. The molecule has 1 atom stereocenters. The molecule has 0 spiro atoms. The highest BCUT2D eigenvalue weighted by Crippen LogP contribution is 2.18. The Morgan fingerprint density at radius 3 is 2.82 bits per heavy atom. The highest BCUT2D eigenvalue weighted by Gasteiger charge is 2.13. The molecule has 3 heteroatoms. The number of rotatable bonds is 5. The second-order valence-electron chi connectivity index (χ2n) is 4.53. The molecule has 1 rings (SSSR count). The van der Waals surface area contributed by atoms with Gasteiger partial charge in [0.15, 0.2) is 0 Å². The van der Waals surface area contributed by atoms with Crippen LogP contribution < -0.4 is 5.73 Å². The maximum atomic E-state index is 11.8. The molecule has 0 aliphatic carbocycles. The molecular weight excluding hydrogens is 214 g/mol. The lowest BCUT2D eigenvalue weighted by Crippen LogP contribution is -2.14. The molecule has 0 saturated carbocycles. The van der Waals surface area contributed by atoms with Crippen LogP contribution in [0.25, 0.3) is 0 Å². The number of hydrogen-bond acceptors (Lipinski definition) is 3. The molecule has 0 aliphatic heterocycles. The summed E-state index contributed by atoms with van der Waals surface area (Å²) in [5.74, 6) is 0.0733. The molecular formula is C14H21NO2. The predicted octanol–water partition coefficient (Wildman–Crippen LogP) is 3.17. The second-order valence-corrected chi connectivity index (χ2v) is 4.53. The summed E-state index contributed by atoms with van der Waals surface area (Å²) in [7, 11) is 0. The Hall–Kier alpha value is -1.51. The van der Waals surface area contributed by atoms with Crippen molar-refractivity contribution in [3.05, 3.63) is 29.3 Å².